The van der Waals surface area contributed by atoms with Crippen molar-refractivity contribution in [3.05, 3.63) is 59.4 Å². The molecule has 3 rings (SSSR count). The molecule has 23 heavy (non-hydrogen) atoms. The summed E-state index contributed by atoms with van der Waals surface area (Å²) in [7, 11) is 1.62. The number of carbonyl (C=O) groups is 1. The van der Waals surface area contributed by atoms with Gasteiger partial charge in [-0.1, -0.05) is 12.1 Å². The number of aryl methyl sites for hydroxylation is 1. The molecule has 3 aromatic rings. The van der Waals surface area contributed by atoms with Crippen LogP contribution < -0.4 is 10.1 Å². The number of amides is 1. The quantitative estimate of drug-likeness (QED) is 0.793. The average Bonchev–Trinajstić information content (AvgIpc) is 2.98. The molecule has 0 aliphatic carbocycles. The van der Waals surface area contributed by atoms with Gasteiger partial charge in [0.15, 0.2) is 0 Å². The summed E-state index contributed by atoms with van der Waals surface area (Å²) < 4.78 is 5.23. The zero-order valence-electron chi connectivity index (χ0n) is 12.7. The normalized spacial score (nSPS) is 10.3. The number of anilines is 1. The van der Waals surface area contributed by atoms with E-state index in [0.29, 0.717) is 16.3 Å². The molecule has 5 nitrogen and oxygen atoms in total. The topological polar surface area (TPSA) is 64.1 Å². The summed E-state index contributed by atoms with van der Waals surface area (Å²) >= 11 is 1.36. The summed E-state index contributed by atoms with van der Waals surface area (Å²) in [6.07, 6.45) is 3.27. The number of hydrogen-bond acceptors (Lipinski definition) is 5. The van der Waals surface area contributed by atoms with Gasteiger partial charge in [-0.25, -0.2) is 4.98 Å². The van der Waals surface area contributed by atoms with E-state index in [0.717, 1.165) is 16.3 Å². The van der Waals surface area contributed by atoms with Crippen molar-refractivity contribution >= 4 is 22.9 Å². The minimum atomic E-state index is -0.166. The Labute approximate surface area is 138 Å². The Morgan fingerprint density at radius 1 is 1.22 bits per heavy atom. The first-order valence-corrected chi connectivity index (χ1v) is 7.82. The van der Waals surface area contributed by atoms with Crippen LogP contribution in [0.1, 0.15) is 15.4 Å². The van der Waals surface area contributed by atoms with E-state index in [2.05, 4.69) is 15.3 Å². The number of thiazole rings is 1. The van der Waals surface area contributed by atoms with Crippen molar-refractivity contribution in [2.45, 2.75) is 6.92 Å². The van der Waals surface area contributed by atoms with E-state index < -0.39 is 0 Å². The molecular formula is C17H15N3O2S. The Hall–Kier alpha value is -2.73. The van der Waals surface area contributed by atoms with Crippen molar-refractivity contribution in [1.29, 1.82) is 0 Å². The first kappa shape index (κ1) is 15.2. The van der Waals surface area contributed by atoms with E-state index >= 15 is 0 Å². The van der Waals surface area contributed by atoms with E-state index in [1.165, 1.54) is 11.3 Å². The number of pyridine rings is 1. The Balaban J connectivity index is 1.87. The SMILES string of the molecule is COc1cccc(-c2nc(C)c(C(=O)Nc3ccncc3)s2)c1. The Kier molecular flexibility index (Phi) is 4.34. The van der Waals surface area contributed by atoms with Crippen LogP contribution >= 0.6 is 11.3 Å². The molecule has 1 amide bonds. The van der Waals surface area contributed by atoms with Gasteiger partial charge in [0, 0.05) is 23.6 Å². The van der Waals surface area contributed by atoms with Crippen molar-refractivity contribution in [1.82, 2.24) is 9.97 Å². The Morgan fingerprint density at radius 2 is 2.00 bits per heavy atom. The highest BCUT2D eigenvalue weighted by molar-refractivity contribution is 7.17. The predicted octanol–water partition coefficient (Wildman–Crippen LogP) is 3.77. The molecule has 0 bridgehead atoms. The van der Waals surface area contributed by atoms with Gasteiger partial charge in [0.25, 0.3) is 5.91 Å². The predicted molar refractivity (Wildman–Crippen MR) is 91.0 cm³/mol. The van der Waals surface area contributed by atoms with Gasteiger partial charge in [-0.05, 0) is 31.2 Å². The van der Waals surface area contributed by atoms with Gasteiger partial charge in [-0.2, -0.15) is 0 Å². The van der Waals surface area contributed by atoms with Gasteiger partial charge in [-0.3, -0.25) is 9.78 Å². The second kappa shape index (κ2) is 6.58. The molecule has 0 aliphatic heterocycles. The van der Waals surface area contributed by atoms with Crippen LogP contribution in [0.15, 0.2) is 48.8 Å². The van der Waals surface area contributed by atoms with Crippen molar-refractivity contribution in [2.75, 3.05) is 12.4 Å². The van der Waals surface area contributed by atoms with E-state index in [1.807, 2.05) is 31.2 Å². The fourth-order valence-corrected chi connectivity index (χ4v) is 3.07. The summed E-state index contributed by atoms with van der Waals surface area (Å²) in [5.41, 5.74) is 2.35. The summed E-state index contributed by atoms with van der Waals surface area (Å²) in [5.74, 6) is 0.596. The molecule has 0 spiro atoms. The lowest BCUT2D eigenvalue weighted by molar-refractivity contribution is 0.103. The molecule has 0 saturated heterocycles. The number of rotatable bonds is 4. The van der Waals surface area contributed by atoms with Gasteiger partial charge < -0.3 is 10.1 Å². The first-order chi connectivity index (χ1) is 11.2. The Morgan fingerprint density at radius 3 is 2.74 bits per heavy atom. The molecule has 2 aromatic heterocycles. The molecule has 0 fully saturated rings. The molecule has 0 saturated carbocycles. The smallest absolute Gasteiger partial charge is 0.267 e. The molecule has 2 heterocycles. The molecule has 0 radical (unpaired) electrons. The largest absolute Gasteiger partial charge is 0.497 e. The maximum absolute atomic E-state index is 12.4. The van der Waals surface area contributed by atoms with E-state index in [-0.39, 0.29) is 5.91 Å². The summed E-state index contributed by atoms with van der Waals surface area (Å²) in [6.45, 7) is 1.83. The van der Waals surface area contributed by atoms with Crippen molar-refractivity contribution in [2.24, 2.45) is 0 Å². The van der Waals surface area contributed by atoms with Gasteiger partial charge in [-0.15, -0.1) is 11.3 Å². The second-order valence-corrected chi connectivity index (χ2v) is 5.85. The van der Waals surface area contributed by atoms with Crippen LogP contribution in [0.4, 0.5) is 5.69 Å². The molecule has 6 heteroatoms. The van der Waals surface area contributed by atoms with Crippen LogP contribution in [0, 0.1) is 6.92 Å². The number of methoxy groups -OCH3 is 1. The third kappa shape index (κ3) is 3.37. The highest BCUT2D eigenvalue weighted by Crippen LogP contribution is 2.30. The summed E-state index contributed by atoms with van der Waals surface area (Å²) in [5, 5.41) is 3.65. The zero-order chi connectivity index (χ0) is 16.2. The maximum Gasteiger partial charge on any atom is 0.267 e. The first-order valence-electron chi connectivity index (χ1n) is 7.00. The monoisotopic (exact) mass is 325 g/mol. The highest BCUT2D eigenvalue weighted by atomic mass is 32.1. The third-order valence-corrected chi connectivity index (χ3v) is 4.46. The number of aromatic nitrogens is 2. The van der Waals surface area contributed by atoms with E-state index in [9.17, 15) is 4.79 Å². The van der Waals surface area contributed by atoms with E-state index in [4.69, 9.17) is 4.74 Å². The number of benzene rings is 1. The van der Waals surface area contributed by atoms with Crippen LogP contribution in [-0.2, 0) is 0 Å². The summed E-state index contributed by atoms with van der Waals surface area (Å²) in [4.78, 5) is 21.5. The van der Waals surface area contributed by atoms with Crippen LogP contribution in [0.25, 0.3) is 10.6 Å². The third-order valence-electron chi connectivity index (χ3n) is 3.26. The number of nitrogens with zero attached hydrogens (tertiary/aromatic N) is 2. The van der Waals surface area contributed by atoms with Gasteiger partial charge in [0.1, 0.15) is 15.6 Å². The molecular weight excluding hydrogens is 310 g/mol. The minimum Gasteiger partial charge on any atom is -0.497 e. The van der Waals surface area contributed by atoms with Crippen molar-refractivity contribution < 1.29 is 9.53 Å². The molecule has 1 aromatic carbocycles. The fraction of sp³-hybridized carbons (Fsp3) is 0.118. The molecule has 0 unspecified atom stereocenters. The van der Waals surface area contributed by atoms with Crippen LogP contribution in [0.5, 0.6) is 5.75 Å². The fourth-order valence-electron chi connectivity index (χ4n) is 2.11. The second-order valence-electron chi connectivity index (χ2n) is 4.86. The average molecular weight is 325 g/mol. The van der Waals surface area contributed by atoms with Gasteiger partial charge in [0.2, 0.25) is 0 Å². The van der Waals surface area contributed by atoms with Crippen molar-refractivity contribution in [3.63, 3.8) is 0 Å². The highest BCUT2D eigenvalue weighted by Gasteiger charge is 2.16. The minimum absolute atomic E-state index is 0.166. The lowest BCUT2D eigenvalue weighted by Crippen LogP contribution is -2.11. The lowest BCUT2D eigenvalue weighted by Gasteiger charge is -2.02. The van der Waals surface area contributed by atoms with E-state index in [1.54, 1.807) is 31.6 Å². The van der Waals surface area contributed by atoms with Gasteiger partial charge in [0.05, 0.1) is 12.8 Å². The van der Waals surface area contributed by atoms with Crippen LogP contribution in [0.3, 0.4) is 0 Å². The molecule has 1 N–H and O–H groups in total. The lowest BCUT2D eigenvalue weighted by atomic mass is 10.2. The van der Waals surface area contributed by atoms with Crippen LogP contribution in [-0.4, -0.2) is 23.0 Å². The molecule has 0 aliphatic rings. The number of ether oxygens (including phenoxy) is 1. The Bertz CT molecular complexity index is 831. The summed E-state index contributed by atoms with van der Waals surface area (Å²) in [6, 6.07) is 11.1. The molecule has 0 atom stereocenters. The number of nitrogens with one attached hydrogen (secondary N) is 1. The van der Waals surface area contributed by atoms with Crippen molar-refractivity contribution in [3.8, 4) is 16.3 Å². The maximum atomic E-state index is 12.4. The zero-order valence-corrected chi connectivity index (χ0v) is 13.6. The number of carbonyl (C=O) groups excluding carboxylic acids is 1. The van der Waals surface area contributed by atoms with Gasteiger partial charge >= 0.3 is 0 Å². The molecule has 116 valence electrons. The number of hydrogen-bond donors (Lipinski definition) is 1. The standard InChI is InChI=1S/C17H15N3O2S/c1-11-15(16(21)20-13-6-8-18-9-7-13)23-17(19-11)12-4-3-5-14(10-12)22-2/h3-10H,1-2H3,(H,18,20,21). The van der Waals surface area contributed by atoms with Crippen LogP contribution in [0.2, 0.25) is 0 Å².